The first kappa shape index (κ1) is 10.6. The third kappa shape index (κ3) is 3.68. The van der Waals surface area contributed by atoms with E-state index in [0.717, 1.165) is 6.42 Å². The number of halogens is 2. The van der Waals surface area contributed by atoms with E-state index < -0.39 is 4.33 Å². The minimum atomic E-state index is -0.534. The van der Waals surface area contributed by atoms with Gasteiger partial charge in [-0.3, -0.25) is 0 Å². The van der Waals surface area contributed by atoms with Gasteiger partial charge in [-0.1, -0.05) is 27.7 Å². The van der Waals surface area contributed by atoms with E-state index in [1.807, 2.05) is 13.8 Å². The van der Waals surface area contributed by atoms with Gasteiger partial charge in [0.25, 0.3) is 0 Å². The fraction of sp³-hybridized carbons (Fsp3) is 1.00. The molecule has 0 heterocycles. The van der Waals surface area contributed by atoms with Gasteiger partial charge in [-0.25, -0.2) is 0 Å². The number of rotatable bonds is 3. The van der Waals surface area contributed by atoms with Gasteiger partial charge in [0.05, 0.1) is 0 Å². The summed E-state index contributed by atoms with van der Waals surface area (Å²) in [5.41, 5.74) is 0. The monoisotopic (exact) mass is 182 g/mol. The van der Waals surface area contributed by atoms with E-state index in [1.165, 1.54) is 0 Å². The Kier molecular flexibility index (Phi) is 4.05. The highest BCUT2D eigenvalue weighted by Crippen LogP contribution is 2.36. The highest BCUT2D eigenvalue weighted by atomic mass is 35.5. The Morgan fingerprint density at radius 2 is 1.50 bits per heavy atom. The standard InChI is InChI=1S/C8H16Cl2/c1-6(2)5-8(9,10)7(3)4/h6-7H,5H2,1-4H3. The fourth-order valence-electron chi connectivity index (χ4n) is 0.780. The van der Waals surface area contributed by atoms with Gasteiger partial charge in [-0.2, -0.15) is 0 Å². The molecule has 0 bridgehead atoms. The average molecular weight is 183 g/mol. The van der Waals surface area contributed by atoms with Crippen molar-refractivity contribution in [2.24, 2.45) is 11.8 Å². The topological polar surface area (TPSA) is 0 Å². The highest BCUT2D eigenvalue weighted by molar-refractivity contribution is 6.48. The molecule has 0 atom stereocenters. The van der Waals surface area contributed by atoms with Crippen LogP contribution >= 0.6 is 23.2 Å². The first-order valence-electron chi connectivity index (χ1n) is 3.74. The van der Waals surface area contributed by atoms with E-state index >= 15 is 0 Å². The number of hydrogen-bond acceptors (Lipinski definition) is 0. The van der Waals surface area contributed by atoms with E-state index in [2.05, 4.69) is 13.8 Å². The molecular formula is C8H16Cl2. The molecule has 0 aliphatic heterocycles. The Hall–Kier alpha value is 0.580. The van der Waals surface area contributed by atoms with Crippen molar-refractivity contribution in [3.8, 4) is 0 Å². The Bertz CT molecular complexity index is 95.4. The average Bonchev–Trinajstić information content (AvgIpc) is 1.60. The molecule has 0 aliphatic rings. The Morgan fingerprint density at radius 3 is 1.60 bits per heavy atom. The smallest absolute Gasteiger partial charge is 0.101 e. The molecular weight excluding hydrogens is 167 g/mol. The van der Waals surface area contributed by atoms with Gasteiger partial charge in [0.1, 0.15) is 4.33 Å². The highest BCUT2D eigenvalue weighted by Gasteiger charge is 2.28. The first-order valence-corrected chi connectivity index (χ1v) is 4.49. The van der Waals surface area contributed by atoms with Crippen molar-refractivity contribution in [3.63, 3.8) is 0 Å². The molecule has 62 valence electrons. The van der Waals surface area contributed by atoms with Crippen molar-refractivity contribution < 1.29 is 0 Å². The van der Waals surface area contributed by atoms with Crippen molar-refractivity contribution in [1.29, 1.82) is 0 Å². The molecule has 0 aliphatic carbocycles. The molecule has 0 saturated carbocycles. The van der Waals surface area contributed by atoms with Crippen LogP contribution in [0.25, 0.3) is 0 Å². The summed E-state index contributed by atoms with van der Waals surface area (Å²) in [6.07, 6.45) is 0.869. The van der Waals surface area contributed by atoms with Gasteiger partial charge in [0, 0.05) is 0 Å². The third-order valence-electron chi connectivity index (χ3n) is 1.53. The maximum absolute atomic E-state index is 6.03. The molecule has 0 aromatic carbocycles. The molecule has 0 radical (unpaired) electrons. The van der Waals surface area contributed by atoms with Crippen molar-refractivity contribution in [3.05, 3.63) is 0 Å². The number of hydrogen-bond donors (Lipinski definition) is 0. The Morgan fingerprint density at radius 1 is 1.10 bits per heavy atom. The molecule has 0 nitrogen and oxygen atoms in total. The minimum absolute atomic E-state index is 0.332. The van der Waals surface area contributed by atoms with E-state index in [0.29, 0.717) is 11.8 Å². The zero-order valence-electron chi connectivity index (χ0n) is 7.12. The van der Waals surface area contributed by atoms with Crippen molar-refractivity contribution in [2.75, 3.05) is 0 Å². The predicted octanol–water partition coefficient (Wildman–Crippen LogP) is 3.86. The molecule has 0 amide bonds. The minimum Gasteiger partial charge on any atom is -0.101 e. The molecule has 2 heteroatoms. The molecule has 0 unspecified atom stereocenters. The largest absolute Gasteiger partial charge is 0.120 e. The van der Waals surface area contributed by atoms with Crippen LogP contribution in [0.1, 0.15) is 34.1 Å². The quantitative estimate of drug-likeness (QED) is 0.582. The molecule has 0 aromatic heterocycles. The van der Waals surface area contributed by atoms with Crippen molar-refractivity contribution in [1.82, 2.24) is 0 Å². The van der Waals surface area contributed by atoms with Gasteiger partial charge in [0.15, 0.2) is 0 Å². The molecule has 0 saturated heterocycles. The maximum atomic E-state index is 6.03. The van der Waals surface area contributed by atoms with Crippen LogP contribution < -0.4 is 0 Å². The molecule has 0 rings (SSSR count). The van der Waals surface area contributed by atoms with E-state index in [-0.39, 0.29) is 0 Å². The lowest BCUT2D eigenvalue weighted by Crippen LogP contribution is -2.22. The summed E-state index contributed by atoms with van der Waals surface area (Å²) in [5.74, 6) is 0.899. The van der Waals surface area contributed by atoms with E-state index in [4.69, 9.17) is 23.2 Å². The summed E-state index contributed by atoms with van der Waals surface area (Å²) >= 11 is 12.1. The molecule has 0 aromatic rings. The Balaban J connectivity index is 3.87. The lowest BCUT2D eigenvalue weighted by Gasteiger charge is -2.25. The molecule has 0 spiro atoms. The summed E-state index contributed by atoms with van der Waals surface area (Å²) in [6.45, 7) is 8.34. The lowest BCUT2D eigenvalue weighted by molar-refractivity contribution is 0.446. The number of alkyl halides is 2. The van der Waals surface area contributed by atoms with Gasteiger partial charge < -0.3 is 0 Å². The summed E-state index contributed by atoms with van der Waals surface area (Å²) in [5, 5.41) is 0. The lowest BCUT2D eigenvalue weighted by atomic mass is 10.00. The third-order valence-corrected chi connectivity index (χ3v) is 2.71. The SMILES string of the molecule is CC(C)CC(Cl)(Cl)C(C)C. The second-order valence-electron chi connectivity index (χ2n) is 3.51. The summed E-state index contributed by atoms with van der Waals surface area (Å²) < 4.78 is -0.534. The van der Waals surface area contributed by atoms with Crippen LogP contribution in [0.5, 0.6) is 0 Å². The molecule has 0 fully saturated rings. The second-order valence-corrected chi connectivity index (χ2v) is 5.06. The zero-order valence-corrected chi connectivity index (χ0v) is 8.63. The van der Waals surface area contributed by atoms with E-state index in [1.54, 1.807) is 0 Å². The Labute approximate surface area is 73.9 Å². The zero-order chi connectivity index (χ0) is 8.36. The van der Waals surface area contributed by atoms with Gasteiger partial charge in [-0.05, 0) is 18.3 Å². The van der Waals surface area contributed by atoms with Crippen LogP contribution in [0.15, 0.2) is 0 Å². The summed E-state index contributed by atoms with van der Waals surface area (Å²) in [6, 6.07) is 0. The van der Waals surface area contributed by atoms with Crippen LogP contribution in [-0.4, -0.2) is 4.33 Å². The first-order chi connectivity index (χ1) is 4.36. The van der Waals surface area contributed by atoms with Crippen LogP contribution in [0.4, 0.5) is 0 Å². The van der Waals surface area contributed by atoms with E-state index in [9.17, 15) is 0 Å². The predicted molar refractivity (Wildman–Crippen MR) is 48.7 cm³/mol. The second kappa shape index (κ2) is 3.82. The molecule has 0 N–H and O–H groups in total. The summed E-state index contributed by atoms with van der Waals surface area (Å²) in [7, 11) is 0. The van der Waals surface area contributed by atoms with Crippen LogP contribution in [-0.2, 0) is 0 Å². The normalized spacial score (nSPS) is 13.2. The van der Waals surface area contributed by atoms with Crippen LogP contribution in [0.3, 0.4) is 0 Å². The maximum Gasteiger partial charge on any atom is 0.120 e. The summed E-state index contributed by atoms with van der Waals surface area (Å²) in [4.78, 5) is 0. The van der Waals surface area contributed by atoms with Crippen molar-refractivity contribution >= 4 is 23.2 Å². The van der Waals surface area contributed by atoms with Gasteiger partial charge >= 0.3 is 0 Å². The van der Waals surface area contributed by atoms with Gasteiger partial charge in [0.2, 0.25) is 0 Å². The van der Waals surface area contributed by atoms with Crippen LogP contribution in [0, 0.1) is 11.8 Å². The molecule has 10 heavy (non-hydrogen) atoms. The van der Waals surface area contributed by atoms with Crippen LogP contribution in [0.2, 0.25) is 0 Å². The fourth-order valence-corrected chi connectivity index (χ4v) is 1.40. The van der Waals surface area contributed by atoms with Crippen molar-refractivity contribution in [2.45, 2.75) is 38.4 Å². The van der Waals surface area contributed by atoms with Gasteiger partial charge in [-0.15, -0.1) is 23.2 Å².